The fourth-order valence-corrected chi connectivity index (χ4v) is 3.46. The van der Waals surface area contributed by atoms with E-state index >= 15 is 0 Å². The molecule has 0 bridgehead atoms. The minimum atomic E-state index is -0.693. The number of hydrogen-bond acceptors (Lipinski definition) is 8. The number of nitro benzene ring substituents is 1. The Balaban J connectivity index is 2.14. The van der Waals surface area contributed by atoms with Crippen LogP contribution in [0.3, 0.4) is 0 Å². The first-order valence-electron chi connectivity index (χ1n) is 6.28. The van der Waals surface area contributed by atoms with Crippen molar-refractivity contribution in [2.24, 2.45) is 5.73 Å². The largest absolute Gasteiger partial charge is 0.366 e. The number of benzene rings is 1. The van der Waals surface area contributed by atoms with Crippen molar-refractivity contribution in [2.75, 3.05) is 11.9 Å². The molecule has 0 unspecified atom stereocenters. The van der Waals surface area contributed by atoms with Crippen LogP contribution in [0.4, 0.5) is 10.8 Å². The van der Waals surface area contributed by atoms with Gasteiger partial charge in [0, 0.05) is 29.5 Å². The van der Waals surface area contributed by atoms with Crippen LogP contribution >= 0.6 is 23.1 Å². The van der Waals surface area contributed by atoms with Crippen molar-refractivity contribution in [2.45, 2.75) is 17.0 Å². The minimum absolute atomic E-state index is 0.116. The molecule has 10 heteroatoms. The van der Waals surface area contributed by atoms with E-state index in [1.165, 1.54) is 41.3 Å². The van der Waals surface area contributed by atoms with Crippen LogP contribution in [-0.4, -0.2) is 27.6 Å². The third-order valence-corrected chi connectivity index (χ3v) is 4.72. The SMILES string of the molecule is CCNc1nnc(SCc2ccc(C(N)=O)cc2[N+](=O)[O-])s1. The highest BCUT2D eigenvalue weighted by Gasteiger charge is 2.17. The number of amides is 1. The summed E-state index contributed by atoms with van der Waals surface area (Å²) >= 11 is 2.73. The van der Waals surface area contributed by atoms with E-state index in [-0.39, 0.29) is 11.3 Å². The van der Waals surface area contributed by atoms with E-state index in [0.717, 1.165) is 6.54 Å². The maximum Gasteiger partial charge on any atom is 0.274 e. The van der Waals surface area contributed by atoms with Gasteiger partial charge in [0.15, 0.2) is 4.34 Å². The van der Waals surface area contributed by atoms with Gasteiger partial charge >= 0.3 is 0 Å². The van der Waals surface area contributed by atoms with E-state index in [1.807, 2.05) is 6.92 Å². The zero-order valence-corrected chi connectivity index (χ0v) is 13.2. The highest BCUT2D eigenvalue weighted by Crippen LogP contribution is 2.31. The van der Waals surface area contributed by atoms with Gasteiger partial charge in [0.05, 0.1) is 4.92 Å². The highest BCUT2D eigenvalue weighted by molar-refractivity contribution is 8.00. The van der Waals surface area contributed by atoms with Gasteiger partial charge in [0.25, 0.3) is 5.69 Å². The molecule has 3 N–H and O–H groups in total. The van der Waals surface area contributed by atoms with Crippen LogP contribution in [0.2, 0.25) is 0 Å². The maximum atomic E-state index is 11.1. The van der Waals surface area contributed by atoms with Crippen LogP contribution < -0.4 is 11.1 Å². The summed E-state index contributed by atoms with van der Waals surface area (Å²) in [5, 5.41) is 22.8. The second-order valence-corrected chi connectivity index (χ2v) is 6.36. The molecule has 116 valence electrons. The number of nitro groups is 1. The molecule has 1 aromatic carbocycles. The number of hydrogen-bond donors (Lipinski definition) is 2. The van der Waals surface area contributed by atoms with Gasteiger partial charge in [-0.05, 0) is 13.0 Å². The van der Waals surface area contributed by atoms with Crippen molar-refractivity contribution in [3.63, 3.8) is 0 Å². The molecular formula is C12H13N5O3S2. The summed E-state index contributed by atoms with van der Waals surface area (Å²) in [6, 6.07) is 4.22. The van der Waals surface area contributed by atoms with E-state index in [4.69, 9.17) is 5.73 Å². The van der Waals surface area contributed by atoms with E-state index in [0.29, 0.717) is 20.8 Å². The number of carbonyl (C=O) groups excluding carboxylic acids is 1. The van der Waals surface area contributed by atoms with E-state index in [1.54, 1.807) is 0 Å². The molecule has 0 atom stereocenters. The molecule has 1 aromatic heterocycles. The van der Waals surface area contributed by atoms with Crippen LogP contribution in [0.1, 0.15) is 22.8 Å². The van der Waals surface area contributed by atoms with Crippen LogP contribution in [0, 0.1) is 10.1 Å². The monoisotopic (exact) mass is 339 g/mol. The normalized spacial score (nSPS) is 10.4. The fraction of sp³-hybridized carbons (Fsp3) is 0.250. The molecule has 1 heterocycles. The van der Waals surface area contributed by atoms with Crippen LogP contribution in [0.15, 0.2) is 22.5 Å². The van der Waals surface area contributed by atoms with Crippen molar-refractivity contribution in [1.82, 2.24) is 10.2 Å². The molecule has 22 heavy (non-hydrogen) atoms. The Morgan fingerprint density at radius 3 is 2.91 bits per heavy atom. The lowest BCUT2D eigenvalue weighted by Gasteiger charge is -2.03. The predicted molar refractivity (Wildman–Crippen MR) is 85.2 cm³/mol. The first-order chi connectivity index (χ1) is 10.5. The van der Waals surface area contributed by atoms with Gasteiger partial charge in [-0.2, -0.15) is 0 Å². The molecule has 0 saturated heterocycles. The van der Waals surface area contributed by atoms with E-state index in [2.05, 4.69) is 15.5 Å². The number of nitrogens with two attached hydrogens (primary N) is 1. The molecule has 0 saturated carbocycles. The summed E-state index contributed by atoms with van der Waals surface area (Å²) in [5.41, 5.74) is 5.63. The Bertz CT molecular complexity index is 704. The van der Waals surface area contributed by atoms with Gasteiger partial charge in [-0.25, -0.2) is 0 Å². The summed E-state index contributed by atoms with van der Waals surface area (Å²) in [6.07, 6.45) is 0. The Morgan fingerprint density at radius 1 is 1.50 bits per heavy atom. The van der Waals surface area contributed by atoms with Crippen LogP contribution in [-0.2, 0) is 5.75 Å². The maximum absolute atomic E-state index is 11.1. The summed E-state index contributed by atoms with van der Waals surface area (Å²) in [4.78, 5) is 21.7. The predicted octanol–water partition coefficient (Wildman–Crippen LogP) is 2.27. The number of primary amides is 1. The molecule has 8 nitrogen and oxygen atoms in total. The molecule has 0 spiro atoms. The smallest absolute Gasteiger partial charge is 0.274 e. The summed E-state index contributed by atoms with van der Waals surface area (Å²) in [6.45, 7) is 2.71. The Morgan fingerprint density at radius 2 is 2.27 bits per heavy atom. The molecule has 0 aliphatic heterocycles. The third-order valence-electron chi connectivity index (χ3n) is 2.65. The lowest BCUT2D eigenvalue weighted by Crippen LogP contribution is -2.11. The average Bonchev–Trinajstić information content (AvgIpc) is 2.92. The van der Waals surface area contributed by atoms with Crippen molar-refractivity contribution in [3.8, 4) is 0 Å². The Hall–Kier alpha value is -2.20. The summed E-state index contributed by atoms with van der Waals surface area (Å²) < 4.78 is 0.712. The minimum Gasteiger partial charge on any atom is -0.366 e. The Labute approximate surface area is 134 Å². The molecule has 0 aliphatic carbocycles. The van der Waals surface area contributed by atoms with Gasteiger partial charge in [0.1, 0.15) is 0 Å². The van der Waals surface area contributed by atoms with Gasteiger partial charge in [-0.1, -0.05) is 29.2 Å². The highest BCUT2D eigenvalue weighted by atomic mass is 32.2. The topological polar surface area (TPSA) is 124 Å². The molecule has 0 aliphatic rings. The molecule has 1 amide bonds. The number of aromatic nitrogens is 2. The third kappa shape index (κ3) is 3.92. The zero-order valence-electron chi connectivity index (χ0n) is 11.6. The van der Waals surface area contributed by atoms with Crippen LogP contribution in [0.5, 0.6) is 0 Å². The van der Waals surface area contributed by atoms with Crippen molar-refractivity contribution < 1.29 is 9.72 Å². The summed E-state index contributed by atoms with van der Waals surface area (Å²) in [5.74, 6) is -0.336. The lowest BCUT2D eigenvalue weighted by molar-refractivity contribution is -0.385. The van der Waals surface area contributed by atoms with Crippen molar-refractivity contribution >= 4 is 39.8 Å². The molecular weight excluding hydrogens is 326 g/mol. The van der Waals surface area contributed by atoms with Gasteiger partial charge in [0.2, 0.25) is 11.0 Å². The number of carbonyl (C=O) groups is 1. The molecule has 2 aromatic rings. The van der Waals surface area contributed by atoms with Crippen molar-refractivity contribution in [1.29, 1.82) is 0 Å². The lowest BCUT2D eigenvalue weighted by atomic mass is 10.1. The molecule has 2 rings (SSSR count). The molecule has 0 fully saturated rings. The van der Waals surface area contributed by atoms with Crippen molar-refractivity contribution in [3.05, 3.63) is 39.4 Å². The first kappa shape index (κ1) is 16.2. The quantitative estimate of drug-likeness (QED) is 0.450. The number of nitrogens with one attached hydrogen (secondary N) is 1. The van der Waals surface area contributed by atoms with Gasteiger partial charge in [-0.3, -0.25) is 14.9 Å². The first-order valence-corrected chi connectivity index (χ1v) is 8.08. The zero-order chi connectivity index (χ0) is 16.1. The summed E-state index contributed by atoms with van der Waals surface area (Å²) in [7, 11) is 0. The Kier molecular flexibility index (Phi) is 5.28. The second kappa shape index (κ2) is 7.18. The van der Waals surface area contributed by atoms with Gasteiger partial charge < -0.3 is 11.1 Å². The van der Waals surface area contributed by atoms with Gasteiger partial charge in [-0.15, -0.1) is 10.2 Å². The fourth-order valence-electron chi connectivity index (χ4n) is 1.64. The van der Waals surface area contributed by atoms with Crippen LogP contribution in [0.25, 0.3) is 0 Å². The standard InChI is InChI=1S/C12H13N5O3S2/c1-2-14-11-15-16-12(22-11)21-6-8-4-3-7(10(13)18)5-9(8)17(19)20/h3-5H,2,6H2,1H3,(H2,13,18)(H,14,15). The number of nitrogens with zero attached hydrogens (tertiary/aromatic N) is 3. The molecule has 0 radical (unpaired) electrons. The second-order valence-electron chi connectivity index (χ2n) is 4.16. The number of rotatable bonds is 7. The number of thioether (sulfide) groups is 1. The average molecular weight is 339 g/mol. The van der Waals surface area contributed by atoms with E-state index < -0.39 is 10.8 Å². The van der Waals surface area contributed by atoms with E-state index in [9.17, 15) is 14.9 Å². The number of anilines is 1.